The number of carbonyl (C=O) groups is 1. The smallest absolute Gasteiger partial charge is 0.336 e. The summed E-state index contributed by atoms with van der Waals surface area (Å²) in [5, 5.41) is 8.76. The number of carboxylic acids is 1. The lowest BCUT2D eigenvalue weighted by molar-refractivity contribution is 0.0696. The van der Waals surface area contributed by atoms with Gasteiger partial charge in [-0.25, -0.2) is 4.79 Å². The van der Waals surface area contributed by atoms with Crippen LogP contribution >= 0.6 is 34.2 Å². The van der Waals surface area contributed by atoms with Crippen LogP contribution < -0.4 is 0 Å². The van der Waals surface area contributed by atoms with Crippen molar-refractivity contribution in [1.82, 2.24) is 0 Å². The molecule has 0 amide bonds. The summed E-state index contributed by atoms with van der Waals surface area (Å²) in [5.74, 6) is -0.692. The largest absolute Gasteiger partial charge is 0.478 e. The van der Waals surface area contributed by atoms with E-state index in [0.717, 1.165) is 3.57 Å². The van der Waals surface area contributed by atoms with Crippen LogP contribution in [0, 0.1) is 3.57 Å². The van der Waals surface area contributed by atoms with Gasteiger partial charge in [-0.1, -0.05) is 6.07 Å². The fourth-order valence-corrected chi connectivity index (χ4v) is 1.59. The van der Waals surface area contributed by atoms with E-state index in [1.807, 2.05) is 6.07 Å². The summed E-state index contributed by atoms with van der Waals surface area (Å²) in [4.78, 5) is 10.7. The second-order valence-corrected chi connectivity index (χ2v) is 3.75. The number of hydrogen-bond donors (Lipinski definition) is 1. The highest BCUT2D eigenvalue weighted by atomic mass is 127. The van der Waals surface area contributed by atoms with Crippen molar-refractivity contribution in [3.05, 3.63) is 32.9 Å². The Hall–Kier alpha value is -0.290. The Morgan fingerprint density at radius 1 is 1.58 bits per heavy atom. The molecule has 0 atom stereocenters. The van der Waals surface area contributed by atoms with Crippen LogP contribution in [0.4, 0.5) is 0 Å². The first-order chi connectivity index (χ1) is 5.65. The summed E-state index contributed by atoms with van der Waals surface area (Å²) < 4.78 is 0.902. The molecule has 0 saturated heterocycles. The summed E-state index contributed by atoms with van der Waals surface area (Å²) in [6, 6.07) is 5.18. The van der Waals surface area contributed by atoms with Gasteiger partial charge >= 0.3 is 5.97 Å². The maximum absolute atomic E-state index is 10.7. The van der Waals surface area contributed by atoms with Gasteiger partial charge in [0.15, 0.2) is 0 Å². The van der Waals surface area contributed by atoms with Crippen molar-refractivity contribution < 1.29 is 9.90 Å². The van der Waals surface area contributed by atoms with E-state index in [1.54, 1.807) is 12.1 Å². The zero-order valence-electron chi connectivity index (χ0n) is 6.05. The minimum absolute atomic E-state index is 0.235. The predicted octanol–water partition coefficient (Wildman–Crippen LogP) is 2.73. The van der Waals surface area contributed by atoms with E-state index in [9.17, 15) is 4.79 Å². The van der Waals surface area contributed by atoms with Crippen molar-refractivity contribution in [2.24, 2.45) is 0 Å². The Labute approximate surface area is 88.7 Å². The topological polar surface area (TPSA) is 37.3 Å². The van der Waals surface area contributed by atoms with Gasteiger partial charge in [0.2, 0.25) is 0 Å². The van der Waals surface area contributed by atoms with E-state index in [2.05, 4.69) is 22.6 Å². The fraction of sp³-hybridized carbons (Fsp3) is 0.125. The van der Waals surface area contributed by atoms with Gasteiger partial charge in [0.25, 0.3) is 0 Å². The number of aromatic carboxylic acids is 1. The third-order valence-electron chi connectivity index (χ3n) is 1.45. The molecule has 0 saturated carbocycles. The van der Waals surface area contributed by atoms with Crippen LogP contribution in [0.1, 0.15) is 15.9 Å². The van der Waals surface area contributed by atoms with Crippen LogP contribution in [-0.2, 0) is 5.88 Å². The Balaban J connectivity index is 3.21. The highest BCUT2D eigenvalue weighted by Gasteiger charge is 2.08. The molecule has 0 heterocycles. The average Bonchev–Trinajstić information content (AvgIpc) is 2.04. The number of hydrogen-bond acceptors (Lipinski definition) is 1. The highest BCUT2D eigenvalue weighted by Crippen LogP contribution is 2.15. The van der Waals surface area contributed by atoms with Crippen LogP contribution in [0.25, 0.3) is 0 Å². The van der Waals surface area contributed by atoms with Gasteiger partial charge in [-0.2, -0.15) is 0 Å². The highest BCUT2D eigenvalue weighted by molar-refractivity contribution is 14.1. The third-order valence-corrected chi connectivity index (χ3v) is 2.41. The van der Waals surface area contributed by atoms with E-state index in [0.29, 0.717) is 5.56 Å². The Kier molecular flexibility index (Phi) is 3.34. The first-order valence-corrected chi connectivity index (χ1v) is 4.84. The van der Waals surface area contributed by atoms with Crippen molar-refractivity contribution in [3.63, 3.8) is 0 Å². The molecule has 0 aliphatic carbocycles. The standard InChI is InChI=1S/C8H6ClIO2/c9-4-5-1-2-6(10)3-7(5)8(11)12/h1-3H,4H2,(H,11,12). The van der Waals surface area contributed by atoms with E-state index in [4.69, 9.17) is 16.7 Å². The summed E-state index contributed by atoms with van der Waals surface area (Å²) in [7, 11) is 0. The van der Waals surface area contributed by atoms with E-state index < -0.39 is 5.97 Å². The molecular formula is C8H6ClIO2. The van der Waals surface area contributed by atoms with Crippen LogP contribution in [-0.4, -0.2) is 11.1 Å². The summed E-state index contributed by atoms with van der Waals surface area (Å²) in [5.41, 5.74) is 0.946. The molecule has 1 aromatic rings. The number of carboxylic acid groups (broad SMARTS) is 1. The van der Waals surface area contributed by atoms with Gasteiger partial charge in [0.1, 0.15) is 0 Å². The van der Waals surface area contributed by atoms with Crippen LogP contribution in [0.5, 0.6) is 0 Å². The number of rotatable bonds is 2. The molecule has 0 aromatic heterocycles. The Morgan fingerprint density at radius 2 is 2.25 bits per heavy atom. The number of benzene rings is 1. The minimum atomic E-state index is -0.927. The van der Waals surface area contributed by atoms with Gasteiger partial charge in [-0.05, 0) is 40.3 Å². The average molecular weight is 296 g/mol. The van der Waals surface area contributed by atoms with Gasteiger partial charge in [-0.3, -0.25) is 0 Å². The Bertz CT molecular complexity index is 312. The lowest BCUT2D eigenvalue weighted by atomic mass is 10.1. The predicted molar refractivity (Wildman–Crippen MR) is 55.7 cm³/mol. The lowest BCUT2D eigenvalue weighted by Gasteiger charge is -2.01. The molecule has 12 heavy (non-hydrogen) atoms. The van der Waals surface area contributed by atoms with Crippen LogP contribution in [0.3, 0.4) is 0 Å². The molecule has 1 N–H and O–H groups in total. The van der Waals surface area contributed by atoms with Crippen molar-refractivity contribution in [3.8, 4) is 0 Å². The molecule has 64 valence electrons. The first kappa shape index (κ1) is 9.80. The zero-order chi connectivity index (χ0) is 9.14. The van der Waals surface area contributed by atoms with Crippen molar-refractivity contribution in [2.45, 2.75) is 5.88 Å². The number of halogens is 2. The molecule has 1 aromatic carbocycles. The second-order valence-electron chi connectivity index (χ2n) is 2.24. The minimum Gasteiger partial charge on any atom is -0.478 e. The summed E-state index contributed by atoms with van der Waals surface area (Å²) in [6.45, 7) is 0. The molecule has 0 spiro atoms. The van der Waals surface area contributed by atoms with Crippen LogP contribution in [0.15, 0.2) is 18.2 Å². The van der Waals surface area contributed by atoms with Crippen molar-refractivity contribution in [2.75, 3.05) is 0 Å². The molecule has 0 bridgehead atoms. The second kappa shape index (κ2) is 4.09. The van der Waals surface area contributed by atoms with Gasteiger partial charge in [0, 0.05) is 9.45 Å². The van der Waals surface area contributed by atoms with E-state index in [-0.39, 0.29) is 11.4 Å². The summed E-state index contributed by atoms with van der Waals surface area (Å²) >= 11 is 7.63. The normalized spacial score (nSPS) is 9.83. The molecule has 0 unspecified atom stereocenters. The molecular weight excluding hydrogens is 290 g/mol. The molecule has 0 aliphatic rings. The molecule has 4 heteroatoms. The Morgan fingerprint density at radius 3 is 2.75 bits per heavy atom. The molecule has 0 radical (unpaired) electrons. The van der Waals surface area contributed by atoms with E-state index >= 15 is 0 Å². The maximum atomic E-state index is 10.7. The van der Waals surface area contributed by atoms with Gasteiger partial charge in [0.05, 0.1) is 5.56 Å². The molecule has 0 aliphatic heterocycles. The van der Waals surface area contributed by atoms with Crippen molar-refractivity contribution >= 4 is 40.2 Å². The molecule has 2 nitrogen and oxygen atoms in total. The quantitative estimate of drug-likeness (QED) is 0.673. The number of alkyl halides is 1. The van der Waals surface area contributed by atoms with Gasteiger partial charge < -0.3 is 5.11 Å². The van der Waals surface area contributed by atoms with Crippen molar-refractivity contribution in [1.29, 1.82) is 0 Å². The third kappa shape index (κ3) is 2.10. The van der Waals surface area contributed by atoms with E-state index in [1.165, 1.54) is 0 Å². The maximum Gasteiger partial charge on any atom is 0.336 e. The monoisotopic (exact) mass is 296 g/mol. The summed E-state index contributed by atoms with van der Waals surface area (Å²) in [6.07, 6.45) is 0. The first-order valence-electron chi connectivity index (χ1n) is 3.23. The fourth-order valence-electron chi connectivity index (χ4n) is 0.864. The SMILES string of the molecule is O=C(O)c1cc(I)ccc1CCl. The zero-order valence-corrected chi connectivity index (χ0v) is 8.96. The van der Waals surface area contributed by atoms with Crippen LogP contribution in [0.2, 0.25) is 0 Å². The lowest BCUT2D eigenvalue weighted by Crippen LogP contribution is -2.01. The van der Waals surface area contributed by atoms with Gasteiger partial charge in [-0.15, -0.1) is 11.6 Å². The molecule has 0 fully saturated rings. The molecule has 1 rings (SSSR count).